The molecule has 360 valence electrons. The molecule has 63 heavy (non-hydrogen) atoms. The largest absolute Gasteiger partial charge is 0.394 e. The first-order valence-electron chi connectivity index (χ1n) is 23.4. The van der Waals surface area contributed by atoms with Crippen LogP contribution in [0.5, 0.6) is 0 Å². The molecule has 18 heteroatoms. The molecule has 1 spiro atoms. The highest BCUT2D eigenvalue weighted by Gasteiger charge is 2.70. The summed E-state index contributed by atoms with van der Waals surface area (Å²) in [6, 6.07) is 0. The number of aliphatic hydroxyl groups excluding tert-OH is 10. The van der Waals surface area contributed by atoms with Crippen LogP contribution in [0, 0.1) is 46.3 Å². The molecule has 0 bridgehead atoms. The second kappa shape index (κ2) is 17.2. The quantitative estimate of drug-likeness (QED) is 0.140. The third kappa shape index (κ3) is 7.53. The third-order valence-electron chi connectivity index (χ3n) is 17.9. The summed E-state index contributed by atoms with van der Waals surface area (Å²) in [6.45, 7) is 11.7. The Bertz CT molecular complexity index is 1670. The van der Waals surface area contributed by atoms with Crippen molar-refractivity contribution in [2.45, 2.75) is 209 Å². The zero-order valence-corrected chi connectivity index (χ0v) is 37.1. The Labute approximate surface area is 368 Å². The Morgan fingerprint density at radius 1 is 0.714 bits per heavy atom. The van der Waals surface area contributed by atoms with Gasteiger partial charge in [-0.3, -0.25) is 0 Å². The maximum absolute atomic E-state index is 11.4. The normalized spacial score (nSPS) is 59.3. The zero-order valence-electron chi connectivity index (χ0n) is 37.1. The predicted molar refractivity (Wildman–Crippen MR) is 216 cm³/mol. The highest BCUT2D eigenvalue weighted by Crippen LogP contribution is 2.71. The van der Waals surface area contributed by atoms with Crippen molar-refractivity contribution in [1.82, 2.24) is 0 Å². The van der Waals surface area contributed by atoms with Crippen LogP contribution in [-0.2, 0) is 37.9 Å². The van der Waals surface area contributed by atoms with Gasteiger partial charge >= 0.3 is 0 Å². The molecule has 9 rings (SSSR count). The number of fused-ring (bicyclic) bond motifs is 7. The summed E-state index contributed by atoms with van der Waals surface area (Å²) in [5, 5.41) is 107. The molecule has 4 aliphatic carbocycles. The molecule has 0 amide bonds. The van der Waals surface area contributed by atoms with Gasteiger partial charge in [0.05, 0.1) is 49.8 Å². The molecular weight excluding hydrogens is 828 g/mol. The number of ether oxygens (including phenoxy) is 8. The summed E-state index contributed by atoms with van der Waals surface area (Å²) in [5.74, 6) is -0.167. The summed E-state index contributed by atoms with van der Waals surface area (Å²) in [6.07, 6.45) is -15.1. The summed E-state index contributed by atoms with van der Waals surface area (Å²) >= 11 is 0. The summed E-state index contributed by atoms with van der Waals surface area (Å²) in [7, 11) is 0. The van der Waals surface area contributed by atoms with Gasteiger partial charge in [0, 0.05) is 30.1 Å². The third-order valence-corrected chi connectivity index (χ3v) is 17.9. The summed E-state index contributed by atoms with van der Waals surface area (Å²) in [4.78, 5) is 0. The van der Waals surface area contributed by atoms with Gasteiger partial charge in [-0.25, -0.2) is 0 Å². The van der Waals surface area contributed by atoms with E-state index in [1.165, 1.54) is 6.92 Å². The molecule has 10 N–H and O–H groups in total. The molecule has 9 aliphatic rings. The van der Waals surface area contributed by atoms with E-state index in [4.69, 9.17) is 37.9 Å². The van der Waals surface area contributed by atoms with Gasteiger partial charge in [-0.2, -0.15) is 0 Å². The second-order valence-corrected chi connectivity index (χ2v) is 21.2. The minimum Gasteiger partial charge on any atom is -0.394 e. The van der Waals surface area contributed by atoms with Crippen molar-refractivity contribution in [3.63, 3.8) is 0 Å². The first-order chi connectivity index (χ1) is 29.7. The first kappa shape index (κ1) is 47.1. The molecule has 5 saturated heterocycles. The lowest BCUT2D eigenvalue weighted by molar-refractivity contribution is -0.371. The van der Waals surface area contributed by atoms with E-state index in [-0.39, 0.29) is 41.1 Å². The van der Waals surface area contributed by atoms with Crippen molar-refractivity contribution in [3.8, 4) is 0 Å². The molecule has 18 nitrogen and oxygen atoms in total. The van der Waals surface area contributed by atoms with Crippen LogP contribution in [0.2, 0.25) is 0 Å². The van der Waals surface area contributed by atoms with Crippen LogP contribution in [0.3, 0.4) is 0 Å². The Morgan fingerprint density at radius 3 is 2.06 bits per heavy atom. The van der Waals surface area contributed by atoms with Gasteiger partial charge in [0.2, 0.25) is 0 Å². The highest BCUT2D eigenvalue weighted by atomic mass is 16.8. The first-order valence-corrected chi connectivity index (χ1v) is 23.4. The van der Waals surface area contributed by atoms with Crippen molar-refractivity contribution in [3.05, 3.63) is 11.6 Å². The molecular formula is C45H72O18. The monoisotopic (exact) mass is 900 g/mol. The van der Waals surface area contributed by atoms with Gasteiger partial charge in [-0.15, -0.1) is 0 Å². The van der Waals surface area contributed by atoms with Gasteiger partial charge in [0.15, 0.2) is 24.7 Å². The van der Waals surface area contributed by atoms with Crippen LogP contribution in [0.25, 0.3) is 0 Å². The standard InChI is InChI=1S/C45H72O18/c1-17-16-56-45(14-27(17)59-41-38(55)35(52)33(50)28(15-46)60-41)18(2)30-26(63-45)13-25-23-8-7-21-11-22(47)12-29(44(21,6)24(23)9-10-43(25,30)5)61-42-39(36(53)32(49)20(4)58-42)62-40-37(54)34(51)31(48)19(3)57-40/h7,17-20,22-42,46-55H,8-16H2,1-6H3/t17-,18?,19+,20-,22-,23-,24+,25+,26?,27+,28+,29-,30?,31+,32+,33-,34-,35+,36+,37-,38-,39-,40+,41-,42+,43+,44+,45-/m1/s1. The molecule has 3 saturated carbocycles. The molecule has 0 aromatic carbocycles. The van der Waals surface area contributed by atoms with Crippen molar-refractivity contribution in [2.75, 3.05) is 13.2 Å². The molecule has 0 aromatic rings. The molecule has 0 aromatic heterocycles. The smallest absolute Gasteiger partial charge is 0.187 e. The number of hydrogen-bond donors (Lipinski definition) is 10. The Balaban J connectivity index is 0.929. The maximum atomic E-state index is 11.4. The lowest BCUT2D eigenvalue weighted by Crippen LogP contribution is -2.64. The van der Waals surface area contributed by atoms with E-state index in [1.54, 1.807) is 6.92 Å². The van der Waals surface area contributed by atoms with E-state index in [0.29, 0.717) is 31.8 Å². The SMILES string of the molecule is CC1C2C(C[C@H]3[C@@H]4CC=C5C[C@@H](O)C[C@@H](O[C@@H]6O[C@H](C)[C@H](O)[C@H](O)[C@H]6O[C@@H]6O[C@@H](C)[C@H](O)[C@@H](O)[C@H]6O)[C@]5(C)[C@H]4CC[C@]23C)O[C@]12C[C@H](O[C@@H]1O[C@@H](CO)[C@@H](O)[C@H](O)[C@H]1O)[C@H](C)CO2. The number of aliphatic hydroxyl groups is 10. The van der Waals surface area contributed by atoms with Crippen LogP contribution < -0.4 is 0 Å². The molecule has 3 unspecified atom stereocenters. The van der Waals surface area contributed by atoms with E-state index in [1.807, 2.05) is 6.92 Å². The van der Waals surface area contributed by atoms with Crippen LogP contribution in [-0.4, -0.2) is 187 Å². The lowest BCUT2D eigenvalue weighted by Gasteiger charge is -2.60. The van der Waals surface area contributed by atoms with Gasteiger partial charge in [-0.05, 0) is 75.0 Å². The number of rotatable bonds is 7. The minimum atomic E-state index is -1.66. The Hall–Kier alpha value is -0.980. The van der Waals surface area contributed by atoms with E-state index in [9.17, 15) is 51.1 Å². The highest BCUT2D eigenvalue weighted by molar-refractivity contribution is 5.29. The molecule has 28 atom stereocenters. The predicted octanol–water partition coefficient (Wildman–Crippen LogP) is -0.817. The number of allylic oxidation sites excluding steroid dienone is 1. The van der Waals surface area contributed by atoms with Crippen LogP contribution in [0.4, 0.5) is 0 Å². The van der Waals surface area contributed by atoms with Crippen LogP contribution >= 0.6 is 0 Å². The molecule has 5 heterocycles. The van der Waals surface area contributed by atoms with Crippen LogP contribution in [0.1, 0.15) is 86.5 Å². The Kier molecular flexibility index (Phi) is 12.9. The van der Waals surface area contributed by atoms with E-state index in [2.05, 4.69) is 26.8 Å². The van der Waals surface area contributed by atoms with Gasteiger partial charge in [0.25, 0.3) is 0 Å². The van der Waals surface area contributed by atoms with Crippen molar-refractivity contribution in [1.29, 1.82) is 0 Å². The van der Waals surface area contributed by atoms with Crippen molar-refractivity contribution >= 4 is 0 Å². The summed E-state index contributed by atoms with van der Waals surface area (Å²) in [5.41, 5.74) is 0.477. The molecule has 8 fully saturated rings. The fourth-order valence-corrected chi connectivity index (χ4v) is 14.1. The fraction of sp³-hybridized carbons (Fsp3) is 0.956. The van der Waals surface area contributed by atoms with E-state index in [0.717, 1.165) is 31.3 Å². The molecule has 5 aliphatic heterocycles. The lowest BCUT2D eigenvalue weighted by atomic mass is 9.46. The maximum Gasteiger partial charge on any atom is 0.187 e. The average Bonchev–Trinajstić information content (AvgIpc) is 3.69. The second-order valence-electron chi connectivity index (χ2n) is 21.2. The molecule has 0 radical (unpaired) electrons. The van der Waals surface area contributed by atoms with Crippen molar-refractivity contribution < 1.29 is 89.0 Å². The van der Waals surface area contributed by atoms with Crippen molar-refractivity contribution in [2.24, 2.45) is 46.3 Å². The summed E-state index contributed by atoms with van der Waals surface area (Å²) < 4.78 is 50.8. The topological polar surface area (TPSA) is 276 Å². The average molecular weight is 901 g/mol. The van der Waals surface area contributed by atoms with Gasteiger partial charge in [0.1, 0.15) is 61.0 Å². The fourth-order valence-electron chi connectivity index (χ4n) is 14.1. The van der Waals surface area contributed by atoms with Gasteiger partial charge in [-0.1, -0.05) is 39.3 Å². The minimum absolute atomic E-state index is 0.0168. The number of hydrogen-bond acceptors (Lipinski definition) is 18. The Morgan fingerprint density at radius 2 is 1.37 bits per heavy atom. The van der Waals surface area contributed by atoms with Crippen LogP contribution in [0.15, 0.2) is 11.6 Å². The zero-order chi connectivity index (χ0) is 45.2. The van der Waals surface area contributed by atoms with E-state index >= 15 is 0 Å². The van der Waals surface area contributed by atoms with E-state index < -0.39 is 128 Å². The van der Waals surface area contributed by atoms with Gasteiger partial charge < -0.3 is 89.0 Å².